The molecule has 0 amide bonds. The van der Waals surface area contributed by atoms with Crippen LogP contribution < -0.4 is 10.4 Å². The SMILES string of the molecule is CC(C)(C)c1cccc(-c2cccc3c2C=C([Si](C2=Cc4c(cccc4-c4cccc(C(C)(C)C)c4)C2)(c2ccccc2)c2ccccc2)C3)c1. The van der Waals surface area contributed by atoms with Crippen LogP contribution in [-0.2, 0) is 23.7 Å². The fourth-order valence-corrected chi connectivity index (χ4v) is 13.8. The van der Waals surface area contributed by atoms with E-state index < -0.39 is 8.07 Å². The van der Waals surface area contributed by atoms with E-state index in [1.54, 1.807) is 10.4 Å². The Labute approximate surface area is 306 Å². The second-order valence-electron chi connectivity index (χ2n) is 16.6. The zero-order valence-electron chi connectivity index (χ0n) is 30.9. The molecule has 6 aromatic rings. The van der Waals surface area contributed by atoms with E-state index >= 15 is 0 Å². The van der Waals surface area contributed by atoms with Gasteiger partial charge in [0.15, 0.2) is 8.07 Å². The zero-order valence-corrected chi connectivity index (χ0v) is 31.9. The number of allylic oxidation sites excluding steroid dienone is 2. The summed E-state index contributed by atoms with van der Waals surface area (Å²) in [5, 5.41) is 6.07. The predicted molar refractivity (Wildman–Crippen MR) is 222 cm³/mol. The van der Waals surface area contributed by atoms with Gasteiger partial charge in [-0.25, -0.2) is 0 Å². The van der Waals surface area contributed by atoms with Crippen LogP contribution in [0.15, 0.2) is 156 Å². The summed E-state index contributed by atoms with van der Waals surface area (Å²) < 4.78 is 0. The van der Waals surface area contributed by atoms with Gasteiger partial charge in [0.1, 0.15) is 0 Å². The molecular weight excluding hydrogens is 629 g/mol. The Kier molecular flexibility index (Phi) is 8.23. The van der Waals surface area contributed by atoms with E-state index in [9.17, 15) is 0 Å². The molecule has 0 nitrogen and oxygen atoms in total. The van der Waals surface area contributed by atoms with E-state index in [1.807, 2.05) is 0 Å². The summed E-state index contributed by atoms with van der Waals surface area (Å²) in [5.74, 6) is 0. The van der Waals surface area contributed by atoms with Gasteiger partial charge in [-0.2, -0.15) is 0 Å². The standard InChI is InChI=1S/C50H48Si/c1-49(2,3)39-21-13-17-35(29-39)45-27-15-19-37-31-43(33-47(37)45)51(41-23-9-7-10-24-41,42-25-11-8-12-26-42)44-32-38-20-16-28-46(48(38)34-44)36-18-14-22-40(30-36)50(4,5)6/h7-30,33-34H,31-32H2,1-6H3. The lowest BCUT2D eigenvalue weighted by Gasteiger charge is -2.36. The number of hydrogen-bond acceptors (Lipinski definition) is 0. The van der Waals surface area contributed by atoms with Crippen LogP contribution in [0.1, 0.15) is 74.9 Å². The van der Waals surface area contributed by atoms with Gasteiger partial charge in [0, 0.05) is 0 Å². The molecular formula is C50H48Si. The quantitative estimate of drug-likeness (QED) is 0.154. The average Bonchev–Trinajstić information content (AvgIpc) is 3.78. The first kappa shape index (κ1) is 33.2. The molecule has 0 aliphatic heterocycles. The lowest BCUT2D eigenvalue weighted by atomic mass is 9.85. The van der Waals surface area contributed by atoms with Crippen LogP contribution in [-0.4, -0.2) is 8.07 Å². The smallest absolute Gasteiger partial charge is 0.0626 e. The summed E-state index contributed by atoms with van der Waals surface area (Å²) in [6.07, 6.45) is 7.15. The Morgan fingerprint density at radius 3 is 1.20 bits per heavy atom. The second kappa shape index (κ2) is 12.7. The molecule has 0 spiro atoms. The van der Waals surface area contributed by atoms with E-state index in [2.05, 4.69) is 199 Å². The van der Waals surface area contributed by atoms with Crippen LogP contribution in [0.25, 0.3) is 34.4 Å². The van der Waals surface area contributed by atoms with Gasteiger partial charge in [-0.3, -0.25) is 0 Å². The van der Waals surface area contributed by atoms with Crippen LogP contribution in [0, 0.1) is 0 Å². The number of fused-ring (bicyclic) bond motifs is 2. The number of hydrogen-bond donors (Lipinski definition) is 0. The van der Waals surface area contributed by atoms with Crippen molar-refractivity contribution in [3.05, 3.63) is 189 Å². The van der Waals surface area contributed by atoms with Crippen molar-refractivity contribution in [3.8, 4) is 22.3 Å². The monoisotopic (exact) mass is 676 g/mol. The van der Waals surface area contributed by atoms with Crippen molar-refractivity contribution in [2.75, 3.05) is 0 Å². The third-order valence-corrected chi connectivity index (χ3v) is 16.2. The lowest BCUT2D eigenvalue weighted by molar-refractivity contribution is 0.590. The highest BCUT2D eigenvalue weighted by Crippen LogP contribution is 2.44. The highest BCUT2D eigenvalue weighted by Gasteiger charge is 2.47. The molecule has 2 aliphatic carbocycles. The van der Waals surface area contributed by atoms with Crippen molar-refractivity contribution in [2.45, 2.75) is 65.2 Å². The average molecular weight is 677 g/mol. The van der Waals surface area contributed by atoms with E-state index in [-0.39, 0.29) is 10.8 Å². The molecule has 51 heavy (non-hydrogen) atoms. The van der Waals surface area contributed by atoms with Crippen molar-refractivity contribution in [1.82, 2.24) is 0 Å². The Hall–Kier alpha value is -4.98. The summed E-state index contributed by atoms with van der Waals surface area (Å²) in [4.78, 5) is 0. The van der Waals surface area contributed by atoms with Crippen molar-refractivity contribution in [2.24, 2.45) is 0 Å². The molecule has 0 saturated carbocycles. The molecule has 0 radical (unpaired) electrons. The van der Waals surface area contributed by atoms with Crippen molar-refractivity contribution >= 4 is 30.6 Å². The lowest BCUT2D eigenvalue weighted by Crippen LogP contribution is -2.62. The van der Waals surface area contributed by atoms with Gasteiger partial charge in [0.25, 0.3) is 0 Å². The first-order valence-electron chi connectivity index (χ1n) is 18.5. The highest BCUT2D eigenvalue weighted by molar-refractivity contribution is 7.13. The van der Waals surface area contributed by atoms with Crippen LogP contribution in [0.2, 0.25) is 0 Å². The van der Waals surface area contributed by atoms with Crippen molar-refractivity contribution < 1.29 is 0 Å². The summed E-state index contributed by atoms with van der Waals surface area (Å²) in [7, 11) is -2.68. The van der Waals surface area contributed by atoms with Gasteiger partial charge in [-0.05, 0) is 89.7 Å². The Bertz CT molecular complexity index is 2140. The van der Waals surface area contributed by atoms with Gasteiger partial charge in [-0.15, -0.1) is 0 Å². The third-order valence-electron chi connectivity index (χ3n) is 11.2. The van der Waals surface area contributed by atoms with Gasteiger partial charge in [0.05, 0.1) is 0 Å². The van der Waals surface area contributed by atoms with Crippen molar-refractivity contribution in [3.63, 3.8) is 0 Å². The molecule has 2 aliphatic rings. The molecule has 0 aromatic heterocycles. The normalized spacial score (nSPS) is 14.2. The summed E-state index contributed by atoms with van der Waals surface area (Å²) in [6, 6.07) is 55.3. The third kappa shape index (κ3) is 5.88. The summed E-state index contributed by atoms with van der Waals surface area (Å²) in [6.45, 7) is 13.8. The van der Waals surface area contributed by atoms with Gasteiger partial charge < -0.3 is 0 Å². The molecule has 0 fully saturated rings. The van der Waals surface area contributed by atoms with Gasteiger partial charge in [0.2, 0.25) is 0 Å². The maximum Gasteiger partial charge on any atom is 0.172 e. The highest BCUT2D eigenvalue weighted by atomic mass is 28.3. The maximum absolute atomic E-state index is 2.68. The molecule has 0 unspecified atom stereocenters. The van der Waals surface area contributed by atoms with E-state index in [1.165, 1.54) is 66.0 Å². The van der Waals surface area contributed by atoms with Crippen LogP contribution in [0.3, 0.4) is 0 Å². The predicted octanol–water partition coefficient (Wildman–Crippen LogP) is 11.5. The molecule has 0 bridgehead atoms. The van der Waals surface area contributed by atoms with Crippen LogP contribution in [0.4, 0.5) is 0 Å². The van der Waals surface area contributed by atoms with Crippen LogP contribution in [0.5, 0.6) is 0 Å². The minimum Gasteiger partial charge on any atom is -0.0626 e. The number of benzene rings is 6. The van der Waals surface area contributed by atoms with Crippen LogP contribution >= 0.6 is 0 Å². The number of rotatable bonds is 6. The maximum atomic E-state index is 2.61. The first-order valence-corrected chi connectivity index (χ1v) is 20.5. The molecule has 1 heteroatoms. The minimum atomic E-state index is -2.68. The zero-order chi connectivity index (χ0) is 35.4. The van der Waals surface area contributed by atoms with E-state index in [4.69, 9.17) is 0 Å². The molecule has 0 N–H and O–H groups in total. The fourth-order valence-electron chi connectivity index (χ4n) is 8.52. The topological polar surface area (TPSA) is 0 Å². The Balaban J connectivity index is 1.35. The molecule has 0 heterocycles. The van der Waals surface area contributed by atoms with Crippen molar-refractivity contribution in [1.29, 1.82) is 0 Å². The van der Waals surface area contributed by atoms with E-state index in [0.29, 0.717) is 0 Å². The molecule has 252 valence electrons. The molecule has 6 aromatic carbocycles. The molecule has 0 atom stereocenters. The largest absolute Gasteiger partial charge is 0.172 e. The summed E-state index contributed by atoms with van der Waals surface area (Å²) in [5.41, 5.74) is 13.8. The Morgan fingerprint density at radius 2 is 0.804 bits per heavy atom. The van der Waals surface area contributed by atoms with E-state index in [0.717, 1.165) is 12.8 Å². The fraction of sp³-hybridized carbons (Fsp3) is 0.200. The summed E-state index contributed by atoms with van der Waals surface area (Å²) >= 11 is 0. The molecule has 8 rings (SSSR count). The second-order valence-corrected chi connectivity index (χ2v) is 20.5. The molecule has 0 saturated heterocycles. The van der Waals surface area contributed by atoms with Gasteiger partial charge in [-0.1, -0.05) is 210 Å². The van der Waals surface area contributed by atoms with Gasteiger partial charge >= 0.3 is 0 Å². The Morgan fingerprint density at radius 1 is 0.412 bits per heavy atom. The first-order chi connectivity index (χ1) is 24.5. The minimum absolute atomic E-state index is 0.0918.